The summed E-state index contributed by atoms with van der Waals surface area (Å²) in [5.41, 5.74) is 0.533. The molecule has 1 heterocycles. The maximum absolute atomic E-state index is 12.0. The molecule has 0 saturated carbocycles. The molecule has 1 aromatic rings. The van der Waals surface area contributed by atoms with Crippen LogP contribution in [0.1, 0.15) is 12.6 Å². The standard InChI is InChI=1S/C8H11N3OS2/c1-2-14(12,11-13)8-4-3-7(5-9)10-6-8/h3-6,9,13H,2H2,1H3. The van der Waals surface area contributed by atoms with E-state index < -0.39 is 9.73 Å². The molecule has 1 unspecified atom stereocenters. The van der Waals surface area contributed by atoms with E-state index in [1.165, 1.54) is 6.20 Å². The molecule has 0 saturated heterocycles. The quantitative estimate of drug-likeness (QED) is 0.613. The number of thiol groups is 1. The average molecular weight is 229 g/mol. The van der Waals surface area contributed by atoms with E-state index in [1.807, 2.05) is 0 Å². The first-order valence-electron chi connectivity index (χ1n) is 4.01. The molecule has 1 rings (SSSR count). The highest BCUT2D eigenvalue weighted by atomic mass is 32.2. The lowest BCUT2D eigenvalue weighted by molar-refractivity contribution is 0.678. The number of pyridine rings is 1. The summed E-state index contributed by atoms with van der Waals surface area (Å²) in [6, 6.07) is 3.30. The summed E-state index contributed by atoms with van der Waals surface area (Å²) in [6.45, 7) is 1.78. The molecule has 0 radical (unpaired) electrons. The van der Waals surface area contributed by atoms with Gasteiger partial charge in [0.25, 0.3) is 0 Å². The van der Waals surface area contributed by atoms with Crippen molar-refractivity contribution in [2.75, 3.05) is 5.75 Å². The molecule has 1 N–H and O–H groups in total. The average Bonchev–Trinajstić information content (AvgIpc) is 2.28. The SMILES string of the molecule is CCS(=O)(=NS)c1ccc(C=N)nc1. The molecule has 0 aromatic carbocycles. The minimum absolute atomic E-state index is 0.405. The number of nitrogens with zero attached hydrogens (tertiary/aromatic N) is 2. The normalized spacial score (nSPS) is 14.4. The third-order valence-electron chi connectivity index (χ3n) is 1.80. The van der Waals surface area contributed by atoms with Gasteiger partial charge < -0.3 is 5.41 Å². The Labute approximate surface area is 89.0 Å². The van der Waals surface area contributed by atoms with Crippen LogP contribution in [-0.4, -0.2) is 21.2 Å². The lowest BCUT2D eigenvalue weighted by atomic mass is 10.4. The summed E-state index contributed by atoms with van der Waals surface area (Å²) < 4.78 is 15.6. The van der Waals surface area contributed by atoms with E-state index in [9.17, 15) is 4.21 Å². The molecule has 0 aliphatic heterocycles. The highest BCUT2D eigenvalue weighted by Gasteiger charge is 2.09. The third-order valence-corrected chi connectivity index (χ3v) is 4.61. The fourth-order valence-electron chi connectivity index (χ4n) is 0.937. The predicted molar refractivity (Wildman–Crippen MR) is 60.5 cm³/mol. The maximum atomic E-state index is 12.0. The van der Waals surface area contributed by atoms with Gasteiger partial charge in [0.1, 0.15) is 0 Å². The van der Waals surface area contributed by atoms with Gasteiger partial charge in [-0.15, -0.1) is 0 Å². The highest BCUT2D eigenvalue weighted by molar-refractivity contribution is 8.00. The van der Waals surface area contributed by atoms with Crippen LogP contribution in [0.25, 0.3) is 0 Å². The Bertz CT molecular complexity index is 432. The highest BCUT2D eigenvalue weighted by Crippen LogP contribution is 2.13. The molecule has 0 aliphatic carbocycles. The monoisotopic (exact) mass is 229 g/mol. The Morgan fingerprint density at radius 3 is 2.79 bits per heavy atom. The summed E-state index contributed by atoms with van der Waals surface area (Å²) in [7, 11) is -2.42. The second-order valence-electron chi connectivity index (χ2n) is 2.57. The van der Waals surface area contributed by atoms with Crippen molar-refractivity contribution in [3.05, 3.63) is 24.0 Å². The molecule has 0 fully saturated rings. The number of hydrogen-bond acceptors (Lipinski definition) is 4. The van der Waals surface area contributed by atoms with Gasteiger partial charge in [-0.05, 0) is 24.9 Å². The topological polar surface area (TPSA) is 66.2 Å². The molecule has 1 aromatic heterocycles. The minimum atomic E-state index is -2.42. The summed E-state index contributed by atoms with van der Waals surface area (Å²) in [5.74, 6) is 0.405. The summed E-state index contributed by atoms with van der Waals surface area (Å²) in [6.07, 6.45) is 2.61. The summed E-state index contributed by atoms with van der Waals surface area (Å²) in [4.78, 5) is 4.50. The van der Waals surface area contributed by atoms with E-state index in [2.05, 4.69) is 21.6 Å². The van der Waals surface area contributed by atoms with Crippen LogP contribution in [0, 0.1) is 5.41 Å². The van der Waals surface area contributed by atoms with Crippen molar-refractivity contribution in [3.63, 3.8) is 0 Å². The van der Waals surface area contributed by atoms with Crippen molar-refractivity contribution in [3.8, 4) is 0 Å². The van der Waals surface area contributed by atoms with E-state index in [0.29, 0.717) is 16.3 Å². The van der Waals surface area contributed by atoms with E-state index >= 15 is 0 Å². The van der Waals surface area contributed by atoms with Gasteiger partial charge in [0.2, 0.25) is 0 Å². The largest absolute Gasteiger partial charge is 0.307 e. The third kappa shape index (κ3) is 2.13. The van der Waals surface area contributed by atoms with Crippen molar-refractivity contribution in [1.82, 2.24) is 4.98 Å². The first-order chi connectivity index (χ1) is 6.66. The van der Waals surface area contributed by atoms with Gasteiger partial charge in [-0.2, -0.15) is 3.77 Å². The molecule has 76 valence electrons. The smallest absolute Gasteiger partial charge is 0.0871 e. The van der Waals surface area contributed by atoms with E-state index in [-0.39, 0.29) is 0 Å². The van der Waals surface area contributed by atoms with Crippen LogP contribution < -0.4 is 0 Å². The van der Waals surface area contributed by atoms with E-state index in [4.69, 9.17) is 5.41 Å². The van der Waals surface area contributed by atoms with Crippen LogP contribution in [0.15, 0.2) is 27.0 Å². The Hall–Kier alpha value is -0.880. The van der Waals surface area contributed by atoms with Gasteiger partial charge in [0.05, 0.1) is 20.3 Å². The van der Waals surface area contributed by atoms with Gasteiger partial charge >= 0.3 is 0 Å². The van der Waals surface area contributed by atoms with Crippen LogP contribution in [0.3, 0.4) is 0 Å². The Morgan fingerprint density at radius 2 is 2.43 bits per heavy atom. The number of rotatable bonds is 3. The number of aromatic nitrogens is 1. The van der Waals surface area contributed by atoms with Crippen LogP contribution in [-0.2, 0) is 9.73 Å². The van der Waals surface area contributed by atoms with Crippen molar-refractivity contribution < 1.29 is 4.21 Å². The Balaban J connectivity index is 3.22. The van der Waals surface area contributed by atoms with Crippen molar-refractivity contribution >= 4 is 28.8 Å². The molecular weight excluding hydrogens is 218 g/mol. The zero-order chi connectivity index (χ0) is 10.6. The van der Waals surface area contributed by atoms with Crippen molar-refractivity contribution in [1.29, 1.82) is 5.41 Å². The predicted octanol–water partition coefficient (Wildman–Crippen LogP) is 1.77. The molecular formula is C8H11N3OS2. The molecule has 6 heteroatoms. The van der Waals surface area contributed by atoms with Gasteiger partial charge in [0.15, 0.2) is 0 Å². The van der Waals surface area contributed by atoms with Gasteiger partial charge in [-0.1, -0.05) is 6.92 Å². The minimum Gasteiger partial charge on any atom is -0.307 e. The van der Waals surface area contributed by atoms with E-state index in [0.717, 1.165) is 6.21 Å². The molecule has 0 aliphatic rings. The molecule has 4 nitrogen and oxygen atoms in total. The number of nitrogens with one attached hydrogen (secondary N) is 1. The molecule has 0 bridgehead atoms. The van der Waals surface area contributed by atoms with Crippen LogP contribution >= 0.6 is 12.8 Å². The Morgan fingerprint density at radius 1 is 1.71 bits per heavy atom. The summed E-state index contributed by atoms with van der Waals surface area (Å²) >= 11 is 3.72. The van der Waals surface area contributed by atoms with Crippen molar-refractivity contribution in [2.45, 2.75) is 11.8 Å². The first-order valence-corrected chi connectivity index (χ1v) is 6.09. The Kier molecular flexibility index (Phi) is 3.65. The summed E-state index contributed by atoms with van der Waals surface area (Å²) in [5, 5.41) is 6.96. The second kappa shape index (κ2) is 4.56. The molecule has 1 atom stereocenters. The van der Waals surface area contributed by atoms with Gasteiger partial charge in [-0.3, -0.25) is 4.98 Å². The van der Waals surface area contributed by atoms with Crippen LogP contribution in [0.4, 0.5) is 0 Å². The van der Waals surface area contributed by atoms with E-state index in [1.54, 1.807) is 19.1 Å². The number of hydrogen-bond donors (Lipinski definition) is 2. The fourth-order valence-corrected chi connectivity index (χ4v) is 2.61. The van der Waals surface area contributed by atoms with Crippen LogP contribution in [0.2, 0.25) is 0 Å². The zero-order valence-corrected chi connectivity index (χ0v) is 9.39. The fraction of sp³-hybridized carbons (Fsp3) is 0.250. The lowest BCUT2D eigenvalue weighted by Crippen LogP contribution is -2.03. The maximum Gasteiger partial charge on any atom is 0.0871 e. The molecule has 0 amide bonds. The lowest BCUT2D eigenvalue weighted by Gasteiger charge is -2.04. The van der Waals surface area contributed by atoms with Crippen LogP contribution in [0.5, 0.6) is 0 Å². The first kappa shape index (κ1) is 11.2. The zero-order valence-electron chi connectivity index (χ0n) is 7.67. The van der Waals surface area contributed by atoms with Gasteiger partial charge in [0, 0.05) is 18.2 Å². The molecule has 0 spiro atoms. The van der Waals surface area contributed by atoms with Crippen molar-refractivity contribution in [2.24, 2.45) is 3.77 Å². The second-order valence-corrected chi connectivity index (χ2v) is 5.56. The molecule has 14 heavy (non-hydrogen) atoms. The van der Waals surface area contributed by atoms with Gasteiger partial charge in [-0.25, -0.2) is 4.21 Å².